The normalized spacial score (nSPS) is 5.40. The zero-order chi connectivity index (χ0) is 3.58. The summed E-state index contributed by atoms with van der Waals surface area (Å²) in [6.45, 7) is 0. The van der Waals surface area contributed by atoms with Gasteiger partial charge >= 0.3 is 22.4 Å². The summed E-state index contributed by atoms with van der Waals surface area (Å²) in [4.78, 5) is 0. The van der Waals surface area contributed by atoms with Crippen LogP contribution in [0.2, 0.25) is 0 Å². The smallest absolute Gasteiger partial charge is 0.907 e. The standard InChI is InChI=1S/BO3.Nb/c2-1(3)4;/q-3;+3. The van der Waals surface area contributed by atoms with E-state index in [1.165, 1.54) is 0 Å². The first-order valence-electron chi connectivity index (χ1n) is 0.707. The molecule has 3 nitrogen and oxygen atoms in total. The molecule has 0 unspecified atom stereocenters. The third-order valence-corrected chi connectivity index (χ3v) is 0. The third-order valence-electron chi connectivity index (χ3n) is 0. The molecule has 5 heteroatoms. The Hall–Kier alpha value is 0.685. The first kappa shape index (κ1) is 9.19. The number of hydrogen-bond acceptors (Lipinski definition) is 3. The summed E-state index contributed by atoms with van der Waals surface area (Å²) in [6.07, 6.45) is 0. The molecule has 0 saturated carbocycles. The van der Waals surface area contributed by atoms with Gasteiger partial charge < -0.3 is 15.1 Å². The molecular formula is BNbO3. The van der Waals surface area contributed by atoms with Crippen molar-refractivity contribution in [3.05, 3.63) is 0 Å². The van der Waals surface area contributed by atoms with Crippen molar-refractivity contribution in [2.24, 2.45) is 0 Å². The Morgan fingerprint density at radius 3 is 1.00 bits per heavy atom. The molecule has 0 aromatic heterocycles. The van der Waals surface area contributed by atoms with E-state index in [1.807, 2.05) is 0 Å². The summed E-state index contributed by atoms with van der Waals surface area (Å²) in [5, 5.41) is 25.2. The van der Waals surface area contributed by atoms with Crippen molar-refractivity contribution < 1.29 is 37.5 Å². The van der Waals surface area contributed by atoms with Crippen LogP contribution in [0.15, 0.2) is 0 Å². The van der Waals surface area contributed by atoms with Crippen LogP contribution in [-0.4, -0.2) is 7.32 Å². The van der Waals surface area contributed by atoms with Crippen LogP contribution < -0.4 is 15.1 Å². The molecule has 0 saturated heterocycles. The molecule has 0 radical (unpaired) electrons. The van der Waals surface area contributed by atoms with Gasteiger partial charge in [0.05, 0.1) is 0 Å². The van der Waals surface area contributed by atoms with Gasteiger partial charge in [-0.05, 0) is 0 Å². The van der Waals surface area contributed by atoms with Crippen LogP contribution in [0, 0.1) is 0 Å². The molecule has 0 rings (SSSR count). The topological polar surface area (TPSA) is 69.2 Å². The molecule has 0 spiro atoms. The number of hydrogen-bond donors (Lipinski definition) is 0. The molecule has 0 aliphatic carbocycles. The Kier molecular flexibility index (Phi) is 8.61. The predicted molar refractivity (Wildman–Crippen MR) is 5.75 cm³/mol. The van der Waals surface area contributed by atoms with E-state index in [1.54, 1.807) is 0 Å². The molecule has 0 atom stereocenters. The molecule has 0 amide bonds. The minimum Gasteiger partial charge on any atom is -0.907 e. The Balaban J connectivity index is 0. The van der Waals surface area contributed by atoms with Gasteiger partial charge in [0.25, 0.3) is 0 Å². The van der Waals surface area contributed by atoms with Crippen molar-refractivity contribution in [3.8, 4) is 0 Å². The van der Waals surface area contributed by atoms with Crippen LogP contribution >= 0.6 is 0 Å². The maximum atomic E-state index is 8.42. The second-order valence-electron chi connectivity index (χ2n) is 0.289. The van der Waals surface area contributed by atoms with E-state index in [4.69, 9.17) is 15.1 Å². The van der Waals surface area contributed by atoms with Crippen LogP contribution in [0.4, 0.5) is 0 Å². The average molecular weight is 152 g/mol. The maximum Gasteiger partial charge on any atom is 3.00 e. The van der Waals surface area contributed by atoms with Crippen molar-refractivity contribution in [1.82, 2.24) is 0 Å². The molecule has 0 fully saturated rings. The van der Waals surface area contributed by atoms with Crippen LogP contribution in [0.25, 0.3) is 0 Å². The predicted octanol–water partition coefficient (Wildman–Crippen LogP) is -3.95. The Morgan fingerprint density at radius 1 is 1.00 bits per heavy atom. The zero-order valence-corrected chi connectivity index (χ0v) is 4.45. The van der Waals surface area contributed by atoms with E-state index in [9.17, 15) is 0 Å². The average Bonchev–Trinajstić information content (AvgIpc) is 0.811. The van der Waals surface area contributed by atoms with E-state index in [-0.39, 0.29) is 22.4 Å². The van der Waals surface area contributed by atoms with Crippen molar-refractivity contribution in [1.29, 1.82) is 0 Å². The quantitative estimate of drug-likeness (QED) is 0.332. The van der Waals surface area contributed by atoms with Crippen LogP contribution in [0.5, 0.6) is 0 Å². The Morgan fingerprint density at radius 2 is 1.00 bits per heavy atom. The molecule has 26 valence electrons. The molecule has 0 N–H and O–H groups in total. The Labute approximate surface area is 45.3 Å². The van der Waals surface area contributed by atoms with Crippen molar-refractivity contribution in [2.45, 2.75) is 0 Å². The second kappa shape index (κ2) is 4.69. The van der Waals surface area contributed by atoms with Crippen molar-refractivity contribution in [2.75, 3.05) is 0 Å². The van der Waals surface area contributed by atoms with Gasteiger partial charge in [0, 0.05) is 0 Å². The van der Waals surface area contributed by atoms with Crippen LogP contribution in [-0.2, 0) is 22.4 Å². The minimum absolute atomic E-state index is 0. The van der Waals surface area contributed by atoms with E-state index in [2.05, 4.69) is 0 Å². The zero-order valence-electron chi connectivity index (χ0n) is 2.25. The van der Waals surface area contributed by atoms with Gasteiger partial charge in [-0.1, -0.05) is 0 Å². The summed E-state index contributed by atoms with van der Waals surface area (Å²) in [7, 11) is -2.92. The minimum atomic E-state index is -2.92. The molecule has 0 heterocycles. The molecule has 0 bridgehead atoms. The molecule has 0 aliphatic rings. The molecule has 5 heavy (non-hydrogen) atoms. The van der Waals surface area contributed by atoms with Gasteiger partial charge in [0.15, 0.2) is 0 Å². The largest absolute Gasteiger partial charge is 3.00 e. The Bertz CT molecular complexity index is 11.6. The summed E-state index contributed by atoms with van der Waals surface area (Å²) >= 11 is 0. The summed E-state index contributed by atoms with van der Waals surface area (Å²) < 4.78 is 0. The fraction of sp³-hybridized carbons (Fsp3) is 0. The van der Waals surface area contributed by atoms with Gasteiger partial charge in [0.2, 0.25) is 0 Å². The maximum absolute atomic E-state index is 8.42. The summed E-state index contributed by atoms with van der Waals surface area (Å²) in [5.74, 6) is 0. The summed E-state index contributed by atoms with van der Waals surface area (Å²) in [5.41, 5.74) is 0. The van der Waals surface area contributed by atoms with Gasteiger partial charge in [-0.15, -0.1) is 0 Å². The summed E-state index contributed by atoms with van der Waals surface area (Å²) in [6, 6.07) is 0. The van der Waals surface area contributed by atoms with Crippen LogP contribution in [0.3, 0.4) is 0 Å². The second-order valence-corrected chi connectivity index (χ2v) is 0.289. The first-order chi connectivity index (χ1) is 1.73. The van der Waals surface area contributed by atoms with Gasteiger partial charge in [-0.2, -0.15) is 0 Å². The van der Waals surface area contributed by atoms with Crippen LogP contribution in [0.1, 0.15) is 0 Å². The SMILES string of the molecule is [Nb+3].[O-]B([O-])[O-]. The molecule has 0 aromatic carbocycles. The number of rotatable bonds is 0. The monoisotopic (exact) mass is 152 g/mol. The van der Waals surface area contributed by atoms with Gasteiger partial charge in [0.1, 0.15) is 0 Å². The molecular weight excluding hydrogens is 152 g/mol. The van der Waals surface area contributed by atoms with Crippen molar-refractivity contribution in [3.63, 3.8) is 0 Å². The first-order valence-corrected chi connectivity index (χ1v) is 0.707. The molecule has 0 aromatic rings. The van der Waals surface area contributed by atoms with E-state index >= 15 is 0 Å². The molecule has 0 aliphatic heterocycles. The van der Waals surface area contributed by atoms with E-state index in [0.717, 1.165) is 0 Å². The van der Waals surface area contributed by atoms with Crippen molar-refractivity contribution >= 4 is 7.32 Å². The fourth-order valence-corrected chi connectivity index (χ4v) is 0. The van der Waals surface area contributed by atoms with E-state index in [0.29, 0.717) is 0 Å². The van der Waals surface area contributed by atoms with Gasteiger partial charge in [-0.25, -0.2) is 0 Å². The third kappa shape index (κ3) is 72.0. The van der Waals surface area contributed by atoms with Gasteiger partial charge in [-0.3, -0.25) is 7.32 Å². The fourth-order valence-electron chi connectivity index (χ4n) is 0. The van der Waals surface area contributed by atoms with E-state index < -0.39 is 7.32 Å².